The Bertz CT molecular complexity index is 2180. The van der Waals surface area contributed by atoms with E-state index in [2.05, 4.69) is 27.3 Å². The second-order valence-electron chi connectivity index (χ2n) is 11.0. The number of benzene rings is 4. The molecule has 262 valence electrons. The minimum absolute atomic E-state index is 0.0116. The smallest absolute Gasteiger partial charge is 0.272 e. The van der Waals surface area contributed by atoms with Crippen LogP contribution in [-0.4, -0.2) is 43.6 Å². The molecule has 1 aromatic heterocycles. The van der Waals surface area contributed by atoms with E-state index in [0.717, 1.165) is 11.3 Å². The number of hydrogen-bond donors (Lipinski definition) is 4. The molecule has 4 amide bonds. The molecule has 0 aliphatic rings. The number of anilines is 3. The molecule has 5 rings (SSSR count). The van der Waals surface area contributed by atoms with Gasteiger partial charge in [-0.15, -0.1) is 23.1 Å². The summed E-state index contributed by atoms with van der Waals surface area (Å²) in [7, 11) is 3.02. The van der Waals surface area contributed by atoms with Crippen LogP contribution in [0.1, 0.15) is 36.7 Å². The molecule has 0 atom stereocenters. The molecule has 0 bridgehead atoms. The van der Waals surface area contributed by atoms with E-state index in [1.807, 2.05) is 6.07 Å². The van der Waals surface area contributed by atoms with Crippen LogP contribution in [0.25, 0.3) is 6.08 Å². The number of thioether (sulfide) groups is 1. The Morgan fingerprint density at radius 3 is 2.17 bits per heavy atom. The van der Waals surface area contributed by atoms with Crippen LogP contribution in [0.3, 0.4) is 0 Å². The standard InChI is InChI=1S/C39H33N5O6S2/c1-24-30(22-40)39(52-35(24)38(48)41-27-13-8-5-9-14-27)44-34(45)23-51-29-16-10-15-28(21-29)42-37(47)31(43-36(46)26-11-6-4-7-12-26)19-25-17-18-32(49-2)33(20-25)50-3/h4-21H,23H2,1-3H3,(H,41,48)(H,42,47)(H,43,46)(H,44,45)/b31-19+. The predicted molar refractivity (Wildman–Crippen MR) is 204 cm³/mol. The number of rotatable bonds is 13. The second-order valence-corrected chi connectivity index (χ2v) is 13.1. The molecular formula is C39H33N5O6S2. The van der Waals surface area contributed by atoms with Crippen molar-refractivity contribution in [1.29, 1.82) is 5.26 Å². The zero-order chi connectivity index (χ0) is 37.0. The van der Waals surface area contributed by atoms with Gasteiger partial charge in [-0.05, 0) is 78.7 Å². The Morgan fingerprint density at radius 2 is 1.48 bits per heavy atom. The third kappa shape index (κ3) is 9.45. The Kier molecular flexibility index (Phi) is 12.4. The first kappa shape index (κ1) is 36.9. The lowest BCUT2D eigenvalue weighted by Crippen LogP contribution is -2.30. The zero-order valence-electron chi connectivity index (χ0n) is 28.3. The summed E-state index contributed by atoms with van der Waals surface area (Å²) in [5.41, 5.74) is 2.68. The number of nitrogens with one attached hydrogen (secondary N) is 4. The van der Waals surface area contributed by atoms with E-state index >= 15 is 0 Å². The quantitative estimate of drug-likeness (QED) is 0.0724. The lowest BCUT2D eigenvalue weighted by atomic mass is 10.1. The highest BCUT2D eigenvalue weighted by Crippen LogP contribution is 2.34. The van der Waals surface area contributed by atoms with Gasteiger partial charge in [0, 0.05) is 21.8 Å². The molecule has 0 aliphatic carbocycles. The summed E-state index contributed by atoms with van der Waals surface area (Å²) in [6.45, 7) is 1.67. The third-order valence-electron chi connectivity index (χ3n) is 7.46. The number of nitrogens with zero attached hydrogens (tertiary/aromatic N) is 1. The lowest BCUT2D eigenvalue weighted by molar-refractivity contribution is -0.114. The fourth-order valence-corrected chi connectivity index (χ4v) is 6.71. The predicted octanol–water partition coefficient (Wildman–Crippen LogP) is 7.34. The van der Waals surface area contributed by atoms with E-state index in [0.29, 0.717) is 49.3 Å². The van der Waals surface area contributed by atoms with Crippen LogP contribution >= 0.6 is 23.1 Å². The van der Waals surface area contributed by atoms with Crippen LogP contribution in [0.15, 0.2) is 114 Å². The second kappa shape index (κ2) is 17.5. The van der Waals surface area contributed by atoms with Gasteiger partial charge in [-0.1, -0.05) is 48.5 Å². The third-order valence-corrected chi connectivity index (χ3v) is 9.66. The summed E-state index contributed by atoms with van der Waals surface area (Å²) >= 11 is 2.25. The monoisotopic (exact) mass is 731 g/mol. The highest BCUT2D eigenvalue weighted by atomic mass is 32.2. The molecule has 5 aromatic rings. The molecule has 52 heavy (non-hydrogen) atoms. The van der Waals surface area contributed by atoms with Crippen LogP contribution in [0.4, 0.5) is 16.4 Å². The molecule has 0 aliphatic heterocycles. The van der Waals surface area contributed by atoms with Crippen molar-refractivity contribution in [2.24, 2.45) is 0 Å². The van der Waals surface area contributed by atoms with E-state index in [9.17, 15) is 24.4 Å². The van der Waals surface area contributed by atoms with Crippen LogP contribution in [0.5, 0.6) is 11.5 Å². The van der Waals surface area contributed by atoms with Crippen molar-refractivity contribution in [2.75, 3.05) is 35.9 Å². The van der Waals surface area contributed by atoms with Crippen LogP contribution < -0.4 is 30.7 Å². The average Bonchev–Trinajstić information content (AvgIpc) is 3.48. The highest BCUT2D eigenvalue weighted by molar-refractivity contribution is 8.00. The molecule has 0 spiro atoms. The largest absolute Gasteiger partial charge is 0.493 e. The van der Waals surface area contributed by atoms with Gasteiger partial charge in [0.05, 0.1) is 30.4 Å². The number of ether oxygens (including phenoxy) is 2. The van der Waals surface area contributed by atoms with Gasteiger partial charge in [-0.2, -0.15) is 5.26 Å². The molecule has 1 heterocycles. The number of hydrogen-bond acceptors (Lipinski definition) is 9. The van der Waals surface area contributed by atoms with Crippen LogP contribution in [0, 0.1) is 18.3 Å². The minimum atomic E-state index is -0.580. The molecule has 0 fully saturated rings. The van der Waals surface area contributed by atoms with Gasteiger partial charge in [0.25, 0.3) is 17.7 Å². The summed E-state index contributed by atoms with van der Waals surface area (Å²) in [4.78, 5) is 53.6. The van der Waals surface area contributed by atoms with Gasteiger partial charge in [-0.25, -0.2) is 0 Å². The van der Waals surface area contributed by atoms with Crippen molar-refractivity contribution < 1.29 is 28.7 Å². The Balaban J connectivity index is 1.27. The summed E-state index contributed by atoms with van der Waals surface area (Å²) in [6.07, 6.45) is 1.53. The number of thiophene rings is 1. The Morgan fingerprint density at radius 1 is 0.788 bits per heavy atom. The maximum Gasteiger partial charge on any atom is 0.272 e. The molecule has 13 heteroatoms. The van der Waals surface area contributed by atoms with Crippen LogP contribution in [0.2, 0.25) is 0 Å². The number of methoxy groups -OCH3 is 2. The maximum atomic E-state index is 13.6. The molecule has 0 radical (unpaired) electrons. The summed E-state index contributed by atoms with van der Waals surface area (Å²) < 4.78 is 10.7. The lowest BCUT2D eigenvalue weighted by Gasteiger charge is -2.13. The highest BCUT2D eigenvalue weighted by Gasteiger charge is 2.22. The summed E-state index contributed by atoms with van der Waals surface area (Å²) in [5, 5.41) is 21.2. The number of para-hydroxylation sites is 1. The first-order chi connectivity index (χ1) is 25.2. The SMILES string of the molecule is COc1ccc(/C=C(/NC(=O)c2ccccc2)C(=O)Nc2cccc(SCC(=O)Nc3sc(C(=O)Nc4ccccc4)c(C)c3C#N)c2)cc1OC. The van der Waals surface area contributed by atoms with Gasteiger partial charge in [-0.3, -0.25) is 19.2 Å². The van der Waals surface area contributed by atoms with Gasteiger partial charge in [0.1, 0.15) is 16.8 Å². The van der Waals surface area contributed by atoms with Crippen molar-refractivity contribution in [3.8, 4) is 17.6 Å². The van der Waals surface area contributed by atoms with Crippen molar-refractivity contribution >= 4 is 69.2 Å². The van der Waals surface area contributed by atoms with Gasteiger partial charge < -0.3 is 30.7 Å². The fraction of sp³-hybridized carbons (Fsp3) is 0.103. The van der Waals surface area contributed by atoms with Gasteiger partial charge >= 0.3 is 0 Å². The number of carbonyl (C=O) groups is 4. The molecule has 0 saturated carbocycles. The molecule has 11 nitrogen and oxygen atoms in total. The summed E-state index contributed by atoms with van der Waals surface area (Å²) in [5.74, 6) is -0.857. The van der Waals surface area contributed by atoms with Gasteiger partial charge in [0.2, 0.25) is 5.91 Å². The van der Waals surface area contributed by atoms with E-state index in [4.69, 9.17) is 9.47 Å². The maximum absolute atomic E-state index is 13.6. The van der Waals surface area contributed by atoms with E-state index in [-0.39, 0.29) is 33.8 Å². The zero-order valence-corrected chi connectivity index (χ0v) is 29.9. The van der Waals surface area contributed by atoms with Crippen LogP contribution in [-0.2, 0) is 9.59 Å². The van der Waals surface area contributed by atoms with Crippen molar-refractivity contribution in [3.63, 3.8) is 0 Å². The van der Waals surface area contributed by atoms with Gasteiger partial charge in [0.15, 0.2) is 11.5 Å². The first-order valence-corrected chi connectivity index (χ1v) is 17.5. The van der Waals surface area contributed by atoms with Crippen molar-refractivity contribution in [2.45, 2.75) is 11.8 Å². The molecule has 0 unspecified atom stereocenters. The fourth-order valence-electron chi connectivity index (χ4n) is 4.89. The molecular weight excluding hydrogens is 699 g/mol. The average molecular weight is 732 g/mol. The normalized spacial score (nSPS) is 10.8. The number of nitriles is 1. The number of amides is 4. The Hall–Kier alpha value is -6.36. The van der Waals surface area contributed by atoms with Crippen molar-refractivity contribution in [3.05, 3.63) is 136 Å². The van der Waals surface area contributed by atoms with Crippen molar-refractivity contribution in [1.82, 2.24) is 5.32 Å². The van der Waals surface area contributed by atoms with E-state index < -0.39 is 11.8 Å². The number of carbonyl (C=O) groups excluding carboxylic acids is 4. The summed E-state index contributed by atoms with van der Waals surface area (Å²) in [6, 6.07) is 31.5. The molecule has 4 N–H and O–H groups in total. The first-order valence-electron chi connectivity index (χ1n) is 15.7. The van der Waals surface area contributed by atoms with E-state index in [1.165, 1.54) is 32.1 Å². The van der Waals surface area contributed by atoms with E-state index in [1.54, 1.807) is 104 Å². The molecule has 4 aromatic carbocycles. The Labute approximate surface area is 308 Å². The minimum Gasteiger partial charge on any atom is -0.493 e. The molecule has 0 saturated heterocycles. The topological polar surface area (TPSA) is 159 Å².